The normalized spacial score (nSPS) is 28.5. The average Bonchev–Trinajstić information content (AvgIpc) is 2.68. The van der Waals surface area contributed by atoms with E-state index in [0.717, 1.165) is 0 Å². The molecule has 1 fully saturated rings. The van der Waals surface area contributed by atoms with E-state index in [9.17, 15) is 34.3 Å². The fraction of sp³-hybridized carbons (Fsp3) is 0.556. The molecule has 1 unspecified atom stereocenters. The first-order valence-electron chi connectivity index (χ1n) is 5.61. The Morgan fingerprint density at radius 3 is 2.76 bits per heavy atom. The Hall–Kier alpha value is -2.31. The summed E-state index contributed by atoms with van der Waals surface area (Å²) in [6.45, 7) is -0.692. The van der Waals surface area contributed by atoms with Crippen molar-refractivity contribution in [3.05, 3.63) is 43.0 Å². The van der Waals surface area contributed by atoms with E-state index in [-0.39, 0.29) is 0 Å². The number of aromatic nitrogens is 2. The number of H-pyrrole nitrogens is 1. The van der Waals surface area contributed by atoms with Gasteiger partial charge in [-0.05, 0) is 0 Å². The van der Waals surface area contributed by atoms with E-state index in [1.807, 2.05) is 0 Å². The lowest BCUT2D eigenvalue weighted by Gasteiger charge is -2.16. The largest absolute Gasteiger partial charge is 0.387 e. The first-order valence-corrected chi connectivity index (χ1v) is 5.61. The van der Waals surface area contributed by atoms with Gasteiger partial charge in [0, 0.05) is 0 Å². The van der Waals surface area contributed by atoms with Gasteiger partial charge in [0.15, 0.2) is 6.23 Å². The predicted molar refractivity (Wildman–Crippen MR) is 60.2 cm³/mol. The zero-order chi connectivity index (χ0) is 15.7. The summed E-state index contributed by atoms with van der Waals surface area (Å²) in [7, 11) is 0. The van der Waals surface area contributed by atoms with Crippen molar-refractivity contribution in [1.82, 2.24) is 9.55 Å². The minimum absolute atomic E-state index is 0.499. The molecule has 2 heterocycles. The Bertz CT molecular complexity index is 657. The monoisotopic (exact) mass is 307 g/mol. The van der Waals surface area contributed by atoms with Gasteiger partial charge in [-0.1, -0.05) is 0 Å². The van der Waals surface area contributed by atoms with Gasteiger partial charge in [-0.2, -0.15) is 4.39 Å². The molecule has 11 nitrogen and oxygen atoms in total. The smallest absolute Gasteiger partial charge is 0.330 e. The second kappa shape index (κ2) is 5.59. The number of hydrogen-bond donors (Lipinski definition) is 3. The van der Waals surface area contributed by atoms with Crippen molar-refractivity contribution in [3.63, 3.8) is 0 Å². The van der Waals surface area contributed by atoms with Crippen molar-refractivity contribution >= 4 is 0 Å². The van der Waals surface area contributed by atoms with Crippen LogP contribution in [0.2, 0.25) is 0 Å². The third-order valence-electron chi connectivity index (χ3n) is 2.88. The van der Waals surface area contributed by atoms with Crippen molar-refractivity contribution in [1.29, 1.82) is 0 Å². The fourth-order valence-electron chi connectivity index (χ4n) is 1.88. The molecule has 0 spiro atoms. The number of rotatable bonds is 4. The maximum Gasteiger partial charge on any atom is 0.330 e. The number of nitrogens with zero attached hydrogens (tertiary/aromatic N) is 2. The van der Waals surface area contributed by atoms with Crippen LogP contribution < -0.4 is 11.2 Å². The molecule has 0 aliphatic carbocycles. The topological polar surface area (TPSA) is 157 Å². The van der Waals surface area contributed by atoms with Crippen molar-refractivity contribution in [2.24, 2.45) is 0 Å². The van der Waals surface area contributed by atoms with Crippen molar-refractivity contribution in [3.8, 4) is 0 Å². The molecule has 0 radical (unpaired) electrons. The van der Waals surface area contributed by atoms with Gasteiger partial charge in [0.25, 0.3) is 10.6 Å². The van der Waals surface area contributed by atoms with Gasteiger partial charge in [-0.3, -0.25) is 14.3 Å². The highest BCUT2D eigenvalue weighted by Gasteiger charge is 2.44. The van der Waals surface area contributed by atoms with Crippen LogP contribution in [0, 0.1) is 15.9 Å². The van der Waals surface area contributed by atoms with E-state index < -0.39 is 53.3 Å². The van der Waals surface area contributed by atoms with Crippen LogP contribution in [-0.4, -0.2) is 49.8 Å². The van der Waals surface area contributed by atoms with Crippen molar-refractivity contribution in [2.45, 2.75) is 24.5 Å². The first-order chi connectivity index (χ1) is 9.81. The second-order valence-electron chi connectivity index (χ2n) is 4.21. The zero-order valence-electron chi connectivity index (χ0n) is 10.2. The lowest BCUT2D eigenvalue weighted by Crippen LogP contribution is -2.38. The number of aliphatic hydroxyl groups excluding tert-OH is 2. The lowest BCUT2D eigenvalue weighted by atomic mass is 10.1. The van der Waals surface area contributed by atoms with Crippen LogP contribution in [0.5, 0.6) is 0 Å². The number of halogens is 1. The summed E-state index contributed by atoms with van der Waals surface area (Å²) in [5, 5.41) is 28.4. The Kier molecular flexibility index (Phi) is 4.02. The standard InChI is InChI=1S/C9H10FN3O8/c10-3-1-12(9(17)11-7(3)16)8-6(15)5(14)4(21-8)2-20-13(18)19/h1,4-6,8,14-15H,2H2,(H,11,16,17)/t4-,5-,6-,8?/m1/s1. The Morgan fingerprint density at radius 2 is 2.14 bits per heavy atom. The van der Waals surface area contributed by atoms with E-state index in [1.54, 1.807) is 4.98 Å². The van der Waals surface area contributed by atoms with E-state index in [0.29, 0.717) is 10.8 Å². The molecule has 1 aliphatic rings. The van der Waals surface area contributed by atoms with E-state index >= 15 is 0 Å². The first kappa shape index (κ1) is 15.1. The van der Waals surface area contributed by atoms with Gasteiger partial charge in [-0.25, -0.2) is 4.79 Å². The number of nitrogens with one attached hydrogen (secondary N) is 1. The summed E-state index contributed by atoms with van der Waals surface area (Å²) in [4.78, 5) is 38.2. The molecule has 1 aliphatic heterocycles. The maximum absolute atomic E-state index is 13.2. The zero-order valence-corrected chi connectivity index (χ0v) is 10.2. The van der Waals surface area contributed by atoms with Gasteiger partial charge in [0.1, 0.15) is 24.9 Å². The number of hydrogen-bond acceptors (Lipinski definition) is 8. The molecule has 0 aromatic carbocycles. The summed E-state index contributed by atoms with van der Waals surface area (Å²) in [6.07, 6.45) is -5.61. The molecule has 12 heteroatoms. The molecule has 0 bridgehead atoms. The number of ether oxygens (including phenoxy) is 1. The molecule has 2 rings (SSSR count). The molecule has 4 atom stereocenters. The summed E-state index contributed by atoms with van der Waals surface area (Å²) in [6, 6.07) is 0. The van der Waals surface area contributed by atoms with Gasteiger partial charge >= 0.3 is 5.69 Å². The third-order valence-corrected chi connectivity index (χ3v) is 2.88. The van der Waals surface area contributed by atoms with Crippen LogP contribution in [0.25, 0.3) is 0 Å². The minimum atomic E-state index is -1.67. The predicted octanol–water partition coefficient (Wildman–Crippen LogP) is -2.50. The molecule has 0 saturated carbocycles. The molecular weight excluding hydrogens is 297 g/mol. The fourth-order valence-corrected chi connectivity index (χ4v) is 1.88. The molecular formula is C9H10FN3O8. The van der Waals surface area contributed by atoms with E-state index in [1.165, 1.54) is 0 Å². The highest BCUT2D eigenvalue weighted by Crippen LogP contribution is 2.28. The van der Waals surface area contributed by atoms with Crippen molar-refractivity contribution < 1.29 is 29.3 Å². The SMILES string of the molecule is O=c1[nH]c(=O)n(C2O[C@H](CO[N+](=O)[O-])[C@@H](O)[C@H]2O)cc1F. The summed E-state index contributed by atoms with van der Waals surface area (Å²) in [5.41, 5.74) is -2.33. The Balaban J connectivity index is 2.25. The van der Waals surface area contributed by atoms with Crippen LogP contribution in [0.3, 0.4) is 0 Å². The molecule has 116 valence electrons. The van der Waals surface area contributed by atoms with Crippen LogP contribution in [0.1, 0.15) is 6.23 Å². The Labute approximate surface area is 114 Å². The molecule has 0 amide bonds. The van der Waals surface area contributed by atoms with E-state index in [4.69, 9.17) is 4.74 Å². The quantitative estimate of drug-likeness (QED) is 0.407. The van der Waals surface area contributed by atoms with Gasteiger partial charge in [0.2, 0.25) is 5.82 Å². The highest BCUT2D eigenvalue weighted by molar-refractivity contribution is 4.94. The molecule has 1 saturated heterocycles. The molecule has 3 N–H and O–H groups in total. The summed E-state index contributed by atoms with van der Waals surface area (Å²) in [5.74, 6) is -1.30. The van der Waals surface area contributed by atoms with Crippen LogP contribution in [0.15, 0.2) is 15.8 Å². The number of aliphatic hydroxyl groups is 2. The number of aromatic amines is 1. The molecule has 1 aromatic rings. The summed E-state index contributed by atoms with van der Waals surface area (Å²) >= 11 is 0. The van der Waals surface area contributed by atoms with Crippen LogP contribution >= 0.6 is 0 Å². The second-order valence-corrected chi connectivity index (χ2v) is 4.21. The molecule has 21 heavy (non-hydrogen) atoms. The van der Waals surface area contributed by atoms with E-state index in [2.05, 4.69) is 4.84 Å². The minimum Gasteiger partial charge on any atom is -0.387 e. The molecule has 1 aromatic heterocycles. The van der Waals surface area contributed by atoms with Crippen LogP contribution in [-0.2, 0) is 9.57 Å². The van der Waals surface area contributed by atoms with Gasteiger partial charge < -0.3 is 19.8 Å². The van der Waals surface area contributed by atoms with Crippen molar-refractivity contribution in [2.75, 3.05) is 6.61 Å². The summed E-state index contributed by atoms with van der Waals surface area (Å²) < 4.78 is 18.7. The lowest BCUT2D eigenvalue weighted by molar-refractivity contribution is -0.759. The third kappa shape index (κ3) is 2.91. The Morgan fingerprint density at radius 1 is 1.48 bits per heavy atom. The van der Waals surface area contributed by atoms with Gasteiger partial charge in [0.05, 0.1) is 6.20 Å². The van der Waals surface area contributed by atoms with Gasteiger partial charge in [-0.15, -0.1) is 10.1 Å². The van der Waals surface area contributed by atoms with Crippen LogP contribution in [0.4, 0.5) is 4.39 Å². The average molecular weight is 307 g/mol. The highest BCUT2D eigenvalue weighted by atomic mass is 19.1. The maximum atomic E-state index is 13.2.